The molecule has 0 radical (unpaired) electrons. The van der Waals surface area contributed by atoms with Crippen LogP contribution >= 0.6 is 0 Å². The molecule has 0 fully saturated rings. The highest BCUT2D eigenvalue weighted by Gasteiger charge is 2.14. The number of rotatable bonds is 2. The molecular formula is C7H10N2O2. The number of aliphatic imine (C=N–C) groups is 1. The molecule has 0 N–H and O–H groups in total. The van der Waals surface area contributed by atoms with Gasteiger partial charge in [-0.1, -0.05) is 6.92 Å². The Labute approximate surface area is 64.8 Å². The number of hydrogen-bond acceptors (Lipinski definition) is 3. The lowest BCUT2D eigenvalue weighted by Crippen LogP contribution is -2.11. The van der Waals surface area contributed by atoms with Gasteiger partial charge in [0.25, 0.3) is 5.70 Å². The van der Waals surface area contributed by atoms with Crippen molar-refractivity contribution in [2.45, 2.75) is 25.8 Å². The zero-order valence-corrected chi connectivity index (χ0v) is 6.36. The lowest BCUT2D eigenvalue weighted by molar-refractivity contribution is -0.414. The van der Waals surface area contributed by atoms with Gasteiger partial charge in [0.1, 0.15) is 0 Å². The first-order chi connectivity index (χ1) is 5.24. The fraction of sp³-hybridized carbons (Fsp3) is 0.571. The molecule has 1 aliphatic rings. The molecule has 0 aromatic rings. The van der Waals surface area contributed by atoms with Crippen LogP contribution in [0.2, 0.25) is 0 Å². The largest absolute Gasteiger partial charge is 0.283 e. The van der Waals surface area contributed by atoms with Gasteiger partial charge in [0.05, 0.1) is 17.2 Å². The molecule has 0 aromatic carbocycles. The molecule has 0 saturated heterocycles. The average Bonchev–Trinajstić information content (AvgIpc) is 2.05. The van der Waals surface area contributed by atoms with E-state index in [-0.39, 0.29) is 11.7 Å². The van der Waals surface area contributed by atoms with E-state index in [0.29, 0.717) is 6.42 Å². The van der Waals surface area contributed by atoms with Crippen molar-refractivity contribution in [3.63, 3.8) is 0 Å². The third kappa shape index (κ3) is 1.86. The predicted octanol–water partition coefficient (Wildman–Crippen LogP) is 1.40. The van der Waals surface area contributed by atoms with Crippen LogP contribution in [0.4, 0.5) is 0 Å². The smallest absolute Gasteiger partial charge is 0.282 e. The minimum absolute atomic E-state index is 0.120. The standard InChI is InChI=1S/C7H10N2O2/c1-2-6-3-4-7(5-8-6)9(10)11/h4-6H,2-3H2,1H3. The van der Waals surface area contributed by atoms with Gasteiger partial charge in [-0.3, -0.25) is 15.1 Å². The predicted molar refractivity (Wildman–Crippen MR) is 42.3 cm³/mol. The first kappa shape index (κ1) is 7.91. The van der Waals surface area contributed by atoms with Crippen molar-refractivity contribution >= 4 is 6.21 Å². The number of allylic oxidation sites excluding steroid dienone is 1. The van der Waals surface area contributed by atoms with Gasteiger partial charge in [-0.2, -0.15) is 0 Å². The van der Waals surface area contributed by atoms with Gasteiger partial charge in [-0.15, -0.1) is 0 Å². The minimum atomic E-state index is -0.407. The molecular weight excluding hydrogens is 144 g/mol. The van der Waals surface area contributed by atoms with E-state index in [4.69, 9.17) is 0 Å². The summed E-state index contributed by atoms with van der Waals surface area (Å²) in [5.74, 6) is 0. The third-order valence-corrected chi connectivity index (χ3v) is 1.70. The van der Waals surface area contributed by atoms with Crippen molar-refractivity contribution < 1.29 is 4.92 Å². The molecule has 0 aliphatic carbocycles. The Morgan fingerprint density at radius 3 is 3.00 bits per heavy atom. The molecule has 1 heterocycles. The monoisotopic (exact) mass is 154 g/mol. The number of dihydropyridines is 1. The van der Waals surface area contributed by atoms with Gasteiger partial charge in [0, 0.05) is 0 Å². The number of nitrogens with zero attached hydrogens (tertiary/aromatic N) is 2. The summed E-state index contributed by atoms with van der Waals surface area (Å²) in [4.78, 5) is 13.8. The molecule has 0 spiro atoms. The van der Waals surface area contributed by atoms with Gasteiger partial charge in [0.2, 0.25) is 0 Å². The van der Waals surface area contributed by atoms with Crippen LogP contribution in [0.25, 0.3) is 0 Å². The van der Waals surface area contributed by atoms with Crippen LogP contribution < -0.4 is 0 Å². The molecule has 11 heavy (non-hydrogen) atoms. The van der Waals surface area contributed by atoms with E-state index in [0.717, 1.165) is 6.42 Å². The van der Waals surface area contributed by atoms with E-state index in [1.807, 2.05) is 6.92 Å². The molecule has 0 saturated carbocycles. The van der Waals surface area contributed by atoms with Crippen molar-refractivity contribution in [1.29, 1.82) is 0 Å². The van der Waals surface area contributed by atoms with Crippen molar-refractivity contribution in [1.82, 2.24) is 0 Å². The first-order valence-electron chi connectivity index (χ1n) is 3.61. The maximum absolute atomic E-state index is 10.2. The molecule has 60 valence electrons. The molecule has 4 nitrogen and oxygen atoms in total. The summed E-state index contributed by atoms with van der Waals surface area (Å²) >= 11 is 0. The van der Waals surface area contributed by atoms with E-state index < -0.39 is 4.92 Å². The summed E-state index contributed by atoms with van der Waals surface area (Å²) in [6.45, 7) is 2.02. The van der Waals surface area contributed by atoms with Crippen molar-refractivity contribution in [2.24, 2.45) is 4.99 Å². The Kier molecular flexibility index (Phi) is 2.36. The quantitative estimate of drug-likeness (QED) is 0.446. The molecule has 0 amide bonds. The Bertz CT molecular complexity index is 220. The minimum Gasteiger partial charge on any atom is -0.282 e. The summed E-state index contributed by atoms with van der Waals surface area (Å²) in [7, 11) is 0. The van der Waals surface area contributed by atoms with E-state index in [9.17, 15) is 10.1 Å². The molecule has 1 rings (SSSR count). The Morgan fingerprint density at radius 1 is 1.91 bits per heavy atom. The van der Waals surface area contributed by atoms with Crippen LogP contribution in [0.3, 0.4) is 0 Å². The highest BCUT2D eigenvalue weighted by molar-refractivity contribution is 5.76. The van der Waals surface area contributed by atoms with Crippen LogP contribution in [0.15, 0.2) is 16.8 Å². The molecule has 1 aliphatic heterocycles. The number of nitro groups is 1. The maximum atomic E-state index is 10.2. The second-order valence-corrected chi connectivity index (χ2v) is 2.46. The molecule has 1 atom stereocenters. The third-order valence-electron chi connectivity index (χ3n) is 1.70. The highest BCUT2D eigenvalue weighted by Crippen LogP contribution is 2.11. The normalized spacial score (nSPS) is 23.0. The van der Waals surface area contributed by atoms with E-state index in [2.05, 4.69) is 4.99 Å². The van der Waals surface area contributed by atoms with Gasteiger partial charge in [-0.25, -0.2) is 0 Å². The zero-order chi connectivity index (χ0) is 8.27. The molecule has 0 bridgehead atoms. The zero-order valence-electron chi connectivity index (χ0n) is 6.36. The average molecular weight is 154 g/mol. The van der Waals surface area contributed by atoms with E-state index in [1.165, 1.54) is 6.21 Å². The van der Waals surface area contributed by atoms with Crippen LogP contribution in [0.1, 0.15) is 19.8 Å². The number of hydrogen-bond donors (Lipinski definition) is 0. The van der Waals surface area contributed by atoms with Gasteiger partial charge in [-0.05, 0) is 18.9 Å². The molecule has 4 heteroatoms. The lowest BCUT2D eigenvalue weighted by atomic mass is 10.1. The SMILES string of the molecule is CCC1CC=C([N+](=O)[O-])C=N1. The topological polar surface area (TPSA) is 55.5 Å². The Hall–Kier alpha value is -1.19. The van der Waals surface area contributed by atoms with Gasteiger partial charge in [0.15, 0.2) is 0 Å². The summed E-state index contributed by atoms with van der Waals surface area (Å²) in [6, 6.07) is 0.249. The second kappa shape index (κ2) is 3.27. The summed E-state index contributed by atoms with van der Waals surface area (Å²) in [5, 5.41) is 10.2. The summed E-state index contributed by atoms with van der Waals surface area (Å²) in [5.41, 5.74) is 0.120. The van der Waals surface area contributed by atoms with Crippen LogP contribution in [-0.4, -0.2) is 17.2 Å². The molecule has 1 unspecified atom stereocenters. The van der Waals surface area contributed by atoms with E-state index >= 15 is 0 Å². The van der Waals surface area contributed by atoms with Crippen LogP contribution in [0, 0.1) is 10.1 Å². The van der Waals surface area contributed by atoms with Crippen molar-refractivity contribution in [2.75, 3.05) is 0 Å². The fourth-order valence-corrected chi connectivity index (χ4v) is 0.946. The summed E-state index contributed by atoms with van der Waals surface area (Å²) < 4.78 is 0. The van der Waals surface area contributed by atoms with Crippen LogP contribution in [-0.2, 0) is 0 Å². The first-order valence-corrected chi connectivity index (χ1v) is 3.61. The second-order valence-electron chi connectivity index (χ2n) is 2.46. The van der Waals surface area contributed by atoms with Crippen molar-refractivity contribution in [3.8, 4) is 0 Å². The van der Waals surface area contributed by atoms with E-state index in [1.54, 1.807) is 6.08 Å². The van der Waals surface area contributed by atoms with Gasteiger partial charge < -0.3 is 0 Å². The Balaban J connectivity index is 2.60. The maximum Gasteiger partial charge on any atom is 0.283 e. The van der Waals surface area contributed by atoms with Gasteiger partial charge >= 0.3 is 0 Å². The van der Waals surface area contributed by atoms with Crippen molar-refractivity contribution in [3.05, 3.63) is 21.9 Å². The lowest BCUT2D eigenvalue weighted by Gasteiger charge is -2.08. The van der Waals surface area contributed by atoms with Crippen LogP contribution in [0.5, 0.6) is 0 Å². The summed E-state index contributed by atoms with van der Waals surface area (Å²) in [6.07, 6.45) is 4.61. The highest BCUT2D eigenvalue weighted by atomic mass is 16.6. The molecule has 0 aromatic heterocycles. The fourth-order valence-electron chi connectivity index (χ4n) is 0.946. The Morgan fingerprint density at radius 2 is 2.64 bits per heavy atom.